The van der Waals surface area contributed by atoms with Gasteiger partial charge in [0.2, 0.25) is 0 Å². The number of nitrogens with one attached hydrogen (secondary N) is 2. The Morgan fingerprint density at radius 2 is 1.72 bits per heavy atom. The number of benzene rings is 2. The normalized spacial score (nSPS) is 11.4. The van der Waals surface area contributed by atoms with Crippen LogP contribution in [-0.2, 0) is 19.3 Å². The summed E-state index contributed by atoms with van der Waals surface area (Å²) in [5, 5.41) is 5.05. The highest BCUT2D eigenvalue weighted by Gasteiger charge is 2.30. The molecule has 4 nitrogen and oxygen atoms in total. The number of urea groups is 1. The Morgan fingerprint density at radius 3 is 2.40 bits per heavy atom. The van der Waals surface area contributed by atoms with Crippen LogP contribution in [0.15, 0.2) is 48.5 Å². The molecule has 0 aliphatic rings. The van der Waals surface area contributed by atoms with Gasteiger partial charge in [-0.25, -0.2) is 4.79 Å². The fourth-order valence-electron chi connectivity index (χ4n) is 2.33. The van der Waals surface area contributed by atoms with Crippen molar-refractivity contribution in [2.45, 2.75) is 19.3 Å². The lowest BCUT2D eigenvalue weighted by molar-refractivity contribution is -0.137. The van der Waals surface area contributed by atoms with E-state index in [-0.39, 0.29) is 12.2 Å². The van der Waals surface area contributed by atoms with Gasteiger partial charge < -0.3 is 15.5 Å². The second-order valence-electron chi connectivity index (χ2n) is 5.94. The summed E-state index contributed by atoms with van der Waals surface area (Å²) in [7, 11) is 3.93. The molecule has 0 bridgehead atoms. The maximum Gasteiger partial charge on any atom is 0.416 e. The van der Waals surface area contributed by atoms with E-state index in [0.29, 0.717) is 0 Å². The number of carbonyl (C=O) groups excluding carboxylic acids is 1. The molecular weight excluding hydrogens is 331 g/mol. The summed E-state index contributed by atoms with van der Waals surface area (Å²) in [4.78, 5) is 13.9. The fourth-order valence-corrected chi connectivity index (χ4v) is 2.33. The number of rotatable bonds is 5. The van der Waals surface area contributed by atoms with Gasteiger partial charge in [0.25, 0.3) is 0 Å². The minimum Gasteiger partial charge on any atom is -0.334 e. The molecule has 2 aromatic rings. The number of halogens is 3. The summed E-state index contributed by atoms with van der Waals surface area (Å²) in [6.07, 6.45) is -4.44. The Bertz CT molecular complexity index is 730. The molecular formula is C18H20F3N3O. The lowest BCUT2D eigenvalue weighted by atomic mass is 10.1. The maximum atomic E-state index is 12.7. The minimum atomic E-state index is -4.44. The molecule has 25 heavy (non-hydrogen) atoms. The first kappa shape index (κ1) is 18.8. The summed E-state index contributed by atoms with van der Waals surface area (Å²) in [5.41, 5.74) is 1.32. The van der Waals surface area contributed by atoms with Crippen molar-refractivity contribution in [1.82, 2.24) is 10.2 Å². The molecule has 0 fully saturated rings. The van der Waals surface area contributed by atoms with Crippen LogP contribution >= 0.6 is 0 Å². The first-order valence-electron chi connectivity index (χ1n) is 7.69. The Kier molecular flexibility index (Phi) is 6.03. The smallest absolute Gasteiger partial charge is 0.334 e. The van der Waals surface area contributed by atoms with Crippen LogP contribution in [0.4, 0.5) is 23.7 Å². The number of carbonyl (C=O) groups is 1. The van der Waals surface area contributed by atoms with Crippen LogP contribution in [0, 0.1) is 0 Å². The molecule has 0 radical (unpaired) electrons. The third kappa shape index (κ3) is 6.11. The van der Waals surface area contributed by atoms with Crippen LogP contribution in [0.25, 0.3) is 0 Å². The van der Waals surface area contributed by atoms with Gasteiger partial charge in [-0.1, -0.05) is 30.3 Å². The van der Waals surface area contributed by atoms with Crippen LogP contribution in [0.1, 0.15) is 16.7 Å². The predicted octanol–water partition coefficient (Wildman–Crippen LogP) is 4.09. The van der Waals surface area contributed by atoms with E-state index < -0.39 is 17.8 Å². The van der Waals surface area contributed by atoms with E-state index in [2.05, 4.69) is 10.6 Å². The highest BCUT2D eigenvalue weighted by Crippen LogP contribution is 2.30. The zero-order valence-electron chi connectivity index (χ0n) is 14.0. The van der Waals surface area contributed by atoms with E-state index in [1.165, 1.54) is 12.1 Å². The van der Waals surface area contributed by atoms with Crippen molar-refractivity contribution >= 4 is 11.7 Å². The summed E-state index contributed by atoms with van der Waals surface area (Å²) >= 11 is 0. The van der Waals surface area contributed by atoms with Crippen molar-refractivity contribution < 1.29 is 18.0 Å². The second-order valence-corrected chi connectivity index (χ2v) is 5.94. The van der Waals surface area contributed by atoms with Gasteiger partial charge in [-0.2, -0.15) is 13.2 Å². The van der Waals surface area contributed by atoms with Crippen molar-refractivity contribution in [2.24, 2.45) is 0 Å². The molecule has 2 rings (SSSR count). The van der Waals surface area contributed by atoms with Gasteiger partial charge in [-0.15, -0.1) is 0 Å². The largest absolute Gasteiger partial charge is 0.416 e. The summed E-state index contributed by atoms with van der Waals surface area (Å²) < 4.78 is 38.0. The van der Waals surface area contributed by atoms with E-state index >= 15 is 0 Å². The first-order valence-corrected chi connectivity index (χ1v) is 7.69. The number of hydrogen-bond donors (Lipinski definition) is 2. The third-order valence-corrected chi connectivity index (χ3v) is 3.39. The number of nitrogens with zero attached hydrogens (tertiary/aromatic N) is 1. The molecule has 0 saturated heterocycles. The highest BCUT2D eigenvalue weighted by molar-refractivity contribution is 5.89. The first-order chi connectivity index (χ1) is 11.7. The zero-order valence-corrected chi connectivity index (χ0v) is 14.0. The van der Waals surface area contributed by atoms with Crippen molar-refractivity contribution in [3.63, 3.8) is 0 Å². The number of hydrogen-bond acceptors (Lipinski definition) is 2. The van der Waals surface area contributed by atoms with E-state index in [9.17, 15) is 18.0 Å². The van der Waals surface area contributed by atoms with Gasteiger partial charge in [0.1, 0.15) is 0 Å². The van der Waals surface area contributed by atoms with Crippen LogP contribution < -0.4 is 10.6 Å². The second kappa shape index (κ2) is 8.02. The quantitative estimate of drug-likeness (QED) is 0.852. The molecule has 0 aliphatic heterocycles. The molecule has 0 aromatic heterocycles. The number of anilines is 1. The summed E-state index contributed by atoms with van der Waals surface area (Å²) in [5.74, 6) is 0. The minimum absolute atomic E-state index is 0.0914. The Balaban J connectivity index is 1.93. The van der Waals surface area contributed by atoms with Crippen LogP contribution in [0.5, 0.6) is 0 Å². The SMILES string of the molecule is CN(C)Cc1cccc(CNC(=O)Nc2cccc(C(F)(F)F)c2)c1. The summed E-state index contributed by atoms with van der Waals surface area (Å²) in [6.45, 7) is 1.07. The van der Waals surface area contributed by atoms with Crippen LogP contribution in [-0.4, -0.2) is 25.0 Å². The molecule has 2 aromatic carbocycles. The average molecular weight is 351 g/mol. The summed E-state index contributed by atoms with van der Waals surface area (Å²) in [6, 6.07) is 11.7. The molecule has 0 atom stereocenters. The monoisotopic (exact) mass is 351 g/mol. The van der Waals surface area contributed by atoms with Crippen molar-refractivity contribution in [3.8, 4) is 0 Å². The van der Waals surface area contributed by atoms with E-state index in [0.717, 1.165) is 29.8 Å². The van der Waals surface area contributed by atoms with Gasteiger partial charge in [0.15, 0.2) is 0 Å². The standard InChI is InChI=1S/C18H20F3N3O/c1-24(2)12-14-6-3-5-13(9-14)11-22-17(25)23-16-8-4-7-15(10-16)18(19,20)21/h3-10H,11-12H2,1-2H3,(H2,22,23,25). The molecule has 2 N–H and O–H groups in total. The molecule has 7 heteroatoms. The zero-order chi connectivity index (χ0) is 18.4. The van der Waals surface area contributed by atoms with E-state index in [1.54, 1.807) is 0 Å². The van der Waals surface area contributed by atoms with Gasteiger partial charge in [-0.05, 0) is 43.4 Å². The Morgan fingerprint density at radius 1 is 1.04 bits per heavy atom. The van der Waals surface area contributed by atoms with Gasteiger partial charge in [0.05, 0.1) is 5.56 Å². The van der Waals surface area contributed by atoms with Crippen molar-refractivity contribution in [2.75, 3.05) is 19.4 Å². The van der Waals surface area contributed by atoms with Gasteiger partial charge in [0, 0.05) is 18.8 Å². The molecule has 0 aliphatic carbocycles. The van der Waals surface area contributed by atoms with Crippen LogP contribution in [0.2, 0.25) is 0 Å². The van der Waals surface area contributed by atoms with Gasteiger partial charge in [-0.3, -0.25) is 0 Å². The molecule has 0 unspecified atom stereocenters. The lowest BCUT2D eigenvalue weighted by Gasteiger charge is -2.12. The number of amides is 2. The molecule has 0 spiro atoms. The van der Waals surface area contributed by atoms with E-state index in [1.807, 2.05) is 43.3 Å². The topological polar surface area (TPSA) is 44.4 Å². The van der Waals surface area contributed by atoms with Crippen molar-refractivity contribution in [3.05, 3.63) is 65.2 Å². The van der Waals surface area contributed by atoms with Gasteiger partial charge >= 0.3 is 12.2 Å². The predicted molar refractivity (Wildman–Crippen MR) is 91.1 cm³/mol. The van der Waals surface area contributed by atoms with Crippen molar-refractivity contribution in [1.29, 1.82) is 0 Å². The molecule has 0 saturated carbocycles. The maximum absolute atomic E-state index is 12.7. The highest BCUT2D eigenvalue weighted by atomic mass is 19.4. The van der Waals surface area contributed by atoms with E-state index in [4.69, 9.17) is 0 Å². The Labute approximate surface area is 144 Å². The Hall–Kier alpha value is -2.54. The molecule has 0 heterocycles. The average Bonchev–Trinajstić information content (AvgIpc) is 2.52. The number of alkyl halides is 3. The van der Waals surface area contributed by atoms with Crippen LogP contribution in [0.3, 0.4) is 0 Å². The third-order valence-electron chi connectivity index (χ3n) is 3.39. The molecule has 2 amide bonds. The fraction of sp³-hybridized carbons (Fsp3) is 0.278. The lowest BCUT2D eigenvalue weighted by Crippen LogP contribution is -2.28. The molecule has 134 valence electrons.